The molecule has 1 amide bonds. The SMILES string of the molecule is Cc1cc(OCC(=O)N(Cc2ccccc2)Cc2ccco2)ccc1Cl. The molecule has 5 heteroatoms. The van der Waals surface area contributed by atoms with Crippen LogP contribution in [0.15, 0.2) is 71.3 Å². The molecule has 0 aliphatic heterocycles. The van der Waals surface area contributed by atoms with Crippen LogP contribution in [0.2, 0.25) is 5.02 Å². The number of benzene rings is 2. The Balaban J connectivity index is 1.68. The van der Waals surface area contributed by atoms with Crippen molar-refractivity contribution >= 4 is 17.5 Å². The van der Waals surface area contributed by atoms with Crippen LogP contribution in [0.5, 0.6) is 5.75 Å². The zero-order valence-electron chi connectivity index (χ0n) is 14.5. The number of halogens is 1. The van der Waals surface area contributed by atoms with Crippen molar-refractivity contribution in [1.29, 1.82) is 0 Å². The first-order valence-electron chi connectivity index (χ1n) is 8.35. The van der Waals surface area contributed by atoms with Crippen LogP contribution in [0.25, 0.3) is 0 Å². The summed E-state index contributed by atoms with van der Waals surface area (Å²) >= 11 is 6.02. The van der Waals surface area contributed by atoms with Gasteiger partial charge in [-0.05, 0) is 48.4 Å². The van der Waals surface area contributed by atoms with Gasteiger partial charge in [-0.3, -0.25) is 4.79 Å². The molecule has 3 rings (SSSR count). The molecule has 0 saturated carbocycles. The topological polar surface area (TPSA) is 42.7 Å². The lowest BCUT2D eigenvalue weighted by Gasteiger charge is -2.22. The van der Waals surface area contributed by atoms with Gasteiger partial charge in [-0.2, -0.15) is 0 Å². The van der Waals surface area contributed by atoms with Crippen LogP contribution < -0.4 is 4.74 Å². The minimum Gasteiger partial charge on any atom is -0.484 e. The van der Waals surface area contributed by atoms with Crippen molar-refractivity contribution in [3.8, 4) is 5.75 Å². The van der Waals surface area contributed by atoms with Gasteiger partial charge in [0.05, 0.1) is 12.8 Å². The minimum absolute atomic E-state index is 0.0470. The third-order valence-electron chi connectivity index (χ3n) is 3.99. The van der Waals surface area contributed by atoms with Gasteiger partial charge in [-0.15, -0.1) is 0 Å². The van der Waals surface area contributed by atoms with Crippen LogP contribution in [0.1, 0.15) is 16.9 Å². The lowest BCUT2D eigenvalue weighted by molar-refractivity contribution is -0.134. The fourth-order valence-corrected chi connectivity index (χ4v) is 2.69. The van der Waals surface area contributed by atoms with Gasteiger partial charge in [-0.25, -0.2) is 0 Å². The number of hydrogen-bond donors (Lipinski definition) is 0. The molecule has 4 nitrogen and oxygen atoms in total. The molecule has 26 heavy (non-hydrogen) atoms. The predicted octanol–water partition coefficient (Wildman–Crippen LogP) is 4.85. The van der Waals surface area contributed by atoms with E-state index in [2.05, 4.69) is 0 Å². The van der Waals surface area contributed by atoms with Crippen molar-refractivity contribution in [2.24, 2.45) is 0 Å². The Labute approximate surface area is 158 Å². The molecule has 1 heterocycles. The third-order valence-corrected chi connectivity index (χ3v) is 4.41. The monoisotopic (exact) mass is 369 g/mol. The van der Waals surface area contributed by atoms with Crippen LogP contribution in [0, 0.1) is 6.92 Å². The second-order valence-electron chi connectivity index (χ2n) is 6.01. The van der Waals surface area contributed by atoms with E-state index < -0.39 is 0 Å². The molecule has 0 spiro atoms. The average Bonchev–Trinajstić information content (AvgIpc) is 3.16. The number of hydrogen-bond acceptors (Lipinski definition) is 3. The Kier molecular flexibility index (Phi) is 5.97. The van der Waals surface area contributed by atoms with E-state index >= 15 is 0 Å². The molecular weight excluding hydrogens is 350 g/mol. The Hall–Kier alpha value is -2.72. The standard InChI is InChI=1S/C21H20ClNO3/c1-16-12-18(9-10-20(16)22)26-15-21(24)23(14-19-8-5-11-25-19)13-17-6-3-2-4-7-17/h2-12H,13-15H2,1H3. The molecule has 1 aromatic heterocycles. The molecule has 0 N–H and O–H groups in total. The van der Waals surface area contributed by atoms with Gasteiger partial charge in [-0.1, -0.05) is 41.9 Å². The molecule has 3 aromatic rings. The van der Waals surface area contributed by atoms with Crippen molar-refractivity contribution in [3.05, 3.63) is 88.8 Å². The van der Waals surface area contributed by atoms with Gasteiger partial charge < -0.3 is 14.1 Å². The second kappa shape index (κ2) is 8.59. The highest BCUT2D eigenvalue weighted by Crippen LogP contribution is 2.21. The number of carbonyl (C=O) groups excluding carboxylic acids is 1. The zero-order valence-corrected chi connectivity index (χ0v) is 15.3. The summed E-state index contributed by atoms with van der Waals surface area (Å²) in [5.41, 5.74) is 1.96. The Morgan fingerprint density at radius 2 is 1.88 bits per heavy atom. The highest BCUT2D eigenvalue weighted by atomic mass is 35.5. The summed E-state index contributed by atoms with van der Waals surface area (Å²) in [6, 6.07) is 18.9. The maximum Gasteiger partial charge on any atom is 0.261 e. The van der Waals surface area contributed by atoms with E-state index in [1.807, 2.05) is 55.5 Å². The molecule has 0 saturated heterocycles. The first kappa shape index (κ1) is 18.1. The molecule has 0 aliphatic carbocycles. The Morgan fingerprint density at radius 1 is 1.08 bits per heavy atom. The van der Waals surface area contributed by atoms with Gasteiger partial charge in [0.15, 0.2) is 6.61 Å². The molecule has 0 aliphatic rings. The molecule has 0 bridgehead atoms. The van der Waals surface area contributed by atoms with Crippen molar-refractivity contribution in [3.63, 3.8) is 0 Å². The van der Waals surface area contributed by atoms with Crippen LogP contribution >= 0.6 is 11.6 Å². The Morgan fingerprint density at radius 3 is 2.58 bits per heavy atom. The molecule has 2 aromatic carbocycles. The van der Waals surface area contributed by atoms with Gasteiger partial charge >= 0.3 is 0 Å². The number of rotatable bonds is 7. The lowest BCUT2D eigenvalue weighted by Crippen LogP contribution is -2.34. The quantitative estimate of drug-likeness (QED) is 0.598. The number of ether oxygens (including phenoxy) is 1. The van der Waals surface area contributed by atoms with E-state index in [9.17, 15) is 4.79 Å². The molecule has 134 valence electrons. The summed E-state index contributed by atoms with van der Waals surface area (Å²) in [7, 11) is 0. The van der Waals surface area contributed by atoms with E-state index in [1.165, 1.54) is 0 Å². The number of nitrogens with zero attached hydrogens (tertiary/aromatic N) is 1. The summed E-state index contributed by atoms with van der Waals surface area (Å²) < 4.78 is 11.1. The number of amides is 1. The van der Waals surface area contributed by atoms with Crippen LogP contribution in [0.3, 0.4) is 0 Å². The number of carbonyl (C=O) groups is 1. The van der Waals surface area contributed by atoms with Gasteiger partial charge in [0.1, 0.15) is 11.5 Å². The van der Waals surface area contributed by atoms with Crippen LogP contribution in [0.4, 0.5) is 0 Å². The summed E-state index contributed by atoms with van der Waals surface area (Å²) in [5, 5.41) is 0.673. The molecule has 0 unspecified atom stereocenters. The number of furan rings is 1. The van der Waals surface area contributed by atoms with Crippen LogP contribution in [-0.2, 0) is 17.9 Å². The van der Waals surface area contributed by atoms with Crippen molar-refractivity contribution in [1.82, 2.24) is 4.90 Å². The van der Waals surface area contributed by atoms with Crippen molar-refractivity contribution in [2.45, 2.75) is 20.0 Å². The van der Waals surface area contributed by atoms with Crippen LogP contribution in [-0.4, -0.2) is 17.4 Å². The lowest BCUT2D eigenvalue weighted by atomic mass is 10.2. The van der Waals surface area contributed by atoms with E-state index in [-0.39, 0.29) is 12.5 Å². The largest absolute Gasteiger partial charge is 0.484 e. The highest BCUT2D eigenvalue weighted by Gasteiger charge is 2.17. The third kappa shape index (κ3) is 4.90. The zero-order chi connectivity index (χ0) is 18.4. The normalized spacial score (nSPS) is 10.5. The molecular formula is C21H20ClNO3. The fraction of sp³-hybridized carbons (Fsp3) is 0.190. The second-order valence-corrected chi connectivity index (χ2v) is 6.42. The number of aryl methyl sites for hydroxylation is 1. The van der Waals surface area contributed by atoms with E-state index in [0.29, 0.717) is 23.9 Å². The molecule has 0 radical (unpaired) electrons. The summed E-state index contributed by atoms with van der Waals surface area (Å²) in [6.45, 7) is 2.73. The van der Waals surface area contributed by atoms with Gasteiger partial charge in [0, 0.05) is 11.6 Å². The highest BCUT2D eigenvalue weighted by molar-refractivity contribution is 6.31. The predicted molar refractivity (Wildman–Crippen MR) is 101 cm³/mol. The van der Waals surface area contributed by atoms with E-state index in [0.717, 1.165) is 16.9 Å². The van der Waals surface area contributed by atoms with Crippen molar-refractivity contribution in [2.75, 3.05) is 6.61 Å². The maximum atomic E-state index is 12.7. The summed E-state index contributed by atoms with van der Waals surface area (Å²) in [4.78, 5) is 14.5. The Bertz CT molecular complexity index is 847. The fourth-order valence-electron chi connectivity index (χ4n) is 2.57. The average molecular weight is 370 g/mol. The minimum atomic E-state index is -0.113. The van der Waals surface area contributed by atoms with E-state index in [4.69, 9.17) is 20.8 Å². The first-order valence-corrected chi connectivity index (χ1v) is 8.72. The smallest absolute Gasteiger partial charge is 0.261 e. The van der Waals surface area contributed by atoms with Gasteiger partial charge in [0.2, 0.25) is 0 Å². The first-order chi connectivity index (χ1) is 12.6. The summed E-state index contributed by atoms with van der Waals surface area (Å²) in [6.07, 6.45) is 1.60. The maximum absolute atomic E-state index is 12.7. The summed E-state index contributed by atoms with van der Waals surface area (Å²) in [5.74, 6) is 1.24. The molecule has 0 fully saturated rings. The van der Waals surface area contributed by atoms with E-state index in [1.54, 1.807) is 23.3 Å². The van der Waals surface area contributed by atoms with Crippen molar-refractivity contribution < 1.29 is 13.9 Å². The van der Waals surface area contributed by atoms with Gasteiger partial charge in [0.25, 0.3) is 5.91 Å². The molecule has 0 atom stereocenters.